The van der Waals surface area contributed by atoms with Gasteiger partial charge in [-0.3, -0.25) is 4.79 Å². The molecule has 146 valence electrons. The predicted octanol–water partition coefficient (Wildman–Crippen LogP) is 2.96. The van der Waals surface area contributed by atoms with Gasteiger partial charge in [0, 0.05) is 31.6 Å². The molecule has 0 saturated carbocycles. The highest BCUT2D eigenvalue weighted by molar-refractivity contribution is 7.03. The Morgan fingerprint density at radius 1 is 1.44 bits per heavy atom. The van der Waals surface area contributed by atoms with Gasteiger partial charge in [-0.1, -0.05) is 16.6 Å². The molecule has 1 unspecified atom stereocenters. The van der Waals surface area contributed by atoms with Crippen LogP contribution in [0.3, 0.4) is 0 Å². The molecule has 0 N–H and O–H groups in total. The van der Waals surface area contributed by atoms with Crippen molar-refractivity contribution in [2.45, 2.75) is 26.2 Å². The van der Waals surface area contributed by atoms with Gasteiger partial charge in [-0.25, -0.2) is 0 Å². The number of hydrogen-bond donors (Lipinski definition) is 0. The topological polar surface area (TPSA) is 58.6 Å². The van der Waals surface area contributed by atoms with Crippen LogP contribution >= 0.6 is 11.5 Å². The van der Waals surface area contributed by atoms with Gasteiger partial charge >= 0.3 is 0 Å². The number of hydrogen-bond acceptors (Lipinski definition) is 6. The zero-order valence-corrected chi connectivity index (χ0v) is 17.0. The Bertz CT molecular complexity index is 723. The van der Waals surface area contributed by atoms with Crippen LogP contribution in [0.4, 0.5) is 0 Å². The van der Waals surface area contributed by atoms with E-state index in [1.54, 1.807) is 12.5 Å². The monoisotopic (exact) mass is 388 g/mol. The van der Waals surface area contributed by atoms with Crippen molar-refractivity contribution in [3.63, 3.8) is 0 Å². The number of rotatable bonds is 8. The summed E-state index contributed by atoms with van der Waals surface area (Å²) < 4.78 is 9.12. The van der Waals surface area contributed by atoms with Crippen LogP contribution in [0.15, 0.2) is 29.6 Å². The van der Waals surface area contributed by atoms with E-state index in [0.29, 0.717) is 18.2 Å². The Kier molecular flexibility index (Phi) is 7.18. The number of amides is 1. The molecule has 0 radical (unpaired) electrons. The van der Waals surface area contributed by atoms with Crippen LogP contribution in [0.5, 0.6) is 5.75 Å². The molecule has 1 aromatic carbocycles. The van der Waals surface area contributed by atoms with Crippen molar-refractivity contribution in [2.75, 3.05) is 39.8 Å². The molecule has 6 nitrogen and oxygen atoms in total. The van der Waals surface area contributed by atoms with E-state index in [1.807, 2.05) is 24.0 Å². The number of nitrogens with zero attached hydrogens (tertiary/aromatic N) is 4. The number of likely N-dealkylation sites (tertiary alicyclic amines) is 1. The number of aromatic nitrogens is 2. The van der Waals surface area contributed by atoms with Crippen molar-refractivity contribution in [3.8, 4) is 5.75 Å². The summed E-state index contributed by atoms with van der Waals surface area (Å²) in [7, 11) is 1.71. The lowest BCUT2D eigenvalue weighted by Gasteiger charge is -2.35. The Labute approximate surface area is 165 Å². The molecule has 1 fully saturated rings. The highest BCUT2D eigenvalue weighted by Crippen LogP contribution is 2.20. The number of carbonyl (C=O) groups excluding carboxylic acids is 1. The van der Waals surface area contributed by atoms with Crippen molar-refractivity contribution in [2.24, 2.45) is 5.92 Å². The van der Waals surface area contributed by atoms with Crippen molar-refractivity contribution < 1.29 is 9.53 Å². The molecule has 7 heteroatoms. The maximum Gasteiger partial charge on any atom is 0.275 e. The third-order valence-electron chi connectivity index (χ3n) is 5.18. The summed E-state index contributed by atoms with van der Waals surface area (Å²) in [6.07, 6.45) is 3.38. The second-order valence-electron chi connectivity index (χ2n) is 7.04. The van der Waals surface area contributed by atoms with Crippen LogP contribution in [0.2, 0.25) is 0 Å². The number of carbonyl (C=O) groups is 1. The number of ether oxygens (including phenoxy) is 1. The fraction of sp³-hybridized carbons (Fsp3) is 0.550. The van der Waals surface area contributed by atoms with E-state index in [9.17, 15) is 4.79 Å². The molecule has 1 atom stereocenters. The van der Waals surface area contributed by atoms with Crippen LogP contribution in [0.25, 0.3) is 0 Å². The first-order valence-corrected chi connectivity index (χ1v) is 10.4. The first kappa shape index (κ1) is 19.8. The number of piperidine rings is 1. The quantitative estimate of drug-likeness (QED) is 0.696. The molecule has 1 aliphatic heterocycles. The Morgan fingerprint density at radius 2 is 2.33 bits per heavy atom. The second-order valence-corrected chi connectivity index (χ2v) is 7.65. The summed E-state index contributed by atoms with van der Waals surface area (Å²) in [4.78, 5) is 17.0. The lowest BCUT2D eigenvalue weighted by Crippen LogP contribution is -2.43. The lowest BCUT2D eigenvalue weighted by atomic mass is 9.96. The molecule has 0 aliphatic carbocycles. The summed E-state index contributed by atoms with van der Waals surface area (Å²) in [5.74, 6) is 1.43. The standard InChI is InChI=1S/C20H28N4O2S/c1-3-24(20(25)19-15-27-22-21-19)14-17-7-5-10-23(13-17)11-9-16-6-4-8-18(12-16)26-2/h4,6,8,12,15,17H,3,5,7,9-11,13-14H2,1-2H3. The van der Waals surface area contributed by atoms with Gasteiger partial charge in [0.2, 0.25) is 0 Å². The summed E-state index contributed by atoms with van der Waals surface area (Å²) in [6, 6.07) is 8.30. The normalized spacial score (nSPS) is 17.6. The maximum atomic E-state index is 12.6. The molecular formula is C20H28N4O2S. The number of methoxy groups -OCH3 is 1. The van der Waals surface area contributed by atoms with Gasteiger partial charge in [-0.15, -0.1) is 5.10 Å². The fourth-order valence-electron chi connectivity index (χ4n) is 3.71. The van der Waals surface area contributed by atoms with E-state index in [2.05, 4.69) is 26.6 Å². The average Bonchev–Trinajstić information content (AvgIpc) is 3.25. The SMILES string of the molecule is CCN(CC1CCCN(CCc2cccc(OC)c2)C1)C(=O)c1csnn1. The molecule has 0 bridgehead atoms. The molecule has 2 heterocycles. The van der Waals surface area contributed by atoms with E-state index in [1.165, 1.54) is 29.9 Å². The zero-order valence-electron chi connectivity index (χ0n) is 16.1. The zero-order chi connectivity index (χ0) is 19.1. The minimum atomic E-state index is -0.000228. The third kappa shape index (κ3) is 5.49. The highest BCUT2D eigenvalue weighted by Gasteiger charge is 2.25. The molecule has 1 aromatic heterocycles. The molecule has 3 rings (SSSR count). The highest BCUT2D eigenvalue weighted by atomic mass is 32.1. The van der Waals surface area contributed by atoms with E-state index < -0.39 is 0 Å². The smallest absolute Gasteiger partial charge is 0.275 e. The third-order valence-corrected chi connectivity index (χ3v) is 5.69. The van der Waals surface area contributed by atoms with Crippen LogP contribution in [0, 0.1) is 5.92 Å². The van der Waals surface area contributed by atoms with Gasteiger partial charge in [0.1, 0.15) is 5.75 Å². The van der Waals surface area contributed by atoms with Gasteiger partial charge < -0.3 is 14.5 Å². The van der Waals surface area contributed by atoms with E-state index in [-0.39, 0.29) is 5.91 Å². The summed E-state index contributed by atoms with van der Waals surface area (Å²) in [5.41, 5.74) is 1.77. The van der Waals surface area contributed by atoms with E-state index in [0.717, 1.165) is 38.3 Å². The van der Waals surface area contributed by atoms with Crippen molar-refractivity contribution in [1.82, 2.24) is 19.4 Å². The van der Waals surface area contributed by atoms with E-state index in [4.69, 9.17) is 4.74 Å². The van der Waals surface area contributed by atoms with Gasteiger partial charge in [-0.2, -0.15) is 0 Å². The van der Waals surface area contributed by atoms with Crippen LogP contribution < -0.4 is 4.74 Å². The van der Waals surface area contributed by atoms with Crippen LogP contribution in [0.1, 0.15) is 35.8 Å². The molecule has 1 aliphatic rings. The van der Waals surface area contributed by atoms with Gasteiger partial charge in [-0.05, 0) is 67.9 Å². The van der Waals surface area contributed by atoms with Crippen LogP contribution in [-0.2, 0) is 6.42 Å². The largest absolute Gasteiger partial charge is 0.497 e. The molecule has 0 spiro atoms. The van der Waals surface area contributed by atoms with Crippen molar-refractivity contribution in [3.05, 3.63) is 40.9 Å². The minimum absolute atomic E-state index is 0.000228. The van der Waals surface area contributed by atoms with Gasteiger partial charge in [0.25, 0.3) is 5.91 Å². The molecule has 2 aromatic rings. The molecule has 1 amide bonds. The number of benzene rings is 1. The summed E-state index contributed by atoms with van der Waals surface area (Å²) in [6.45, 7) is 6.75. The Morgan fingerprint density at radius 3 is 3.07 bits per heavy atom. The average molecular weight is 389 g/mol. The maximum absolute atomic E-state index is 12.6. The Balaban J connectivity index is 1.51. The molecule has 27 heavy (non-hydrogen) atoms. The van der Waals surface area contributed by atoms with E-state index >= 15 is 0 Å². The summed E-state index contributed by atoms with van der Waals surface area (Å²) in [5, 5.41) is 5.66. The van der Waals surface area contributed by atoms with Crippen LogP contribution in [-0.4, -0.2) is 65.1 Å². The lowest BCUT2D eigenvalue weighted by molar-refractivity contribution is 0.0685. The Hall–Kier alpha value is -1.99. The van der Waals surface area contributed by atoms with Crippen molar-refractivity contribution >= 4 is 17.4 Å². The fourth-order valence-corrected chi connectivity index (χ4v) is 4.14. The van der Waals surface area contributed by atoms with Gasteiger partial charge in [0.05, 0.1) is 7.11 Å². The minimum Gasteiger partial charge on any atom is -0.497 e. The predicted molar refractivity (Wildman–Crippen MR) is 107 cm³/mol. The second kappa shape index (κ2) is 9.80. The summed E-state index contributed by atoms with van der Waals surface area (Å²) >= 11 is 1.22. The van der Waals surface area contributed by atoms with Gasteiger partial charge in [0.15, 0.2) is 5.69 Å². The first-order valence-electron chi connectivity index (χ1n) is 9.61. The molecule has 1 saturated heterocycles. The molecular weight excluding hydrogens is 360 g/mol. The first-order chi connectivity index (χ1) is 13.2. The van der Waals surface area contributed by atoms with Crippen molar-refractivity contribution in [1.29, 1.82) is 0 Å².